The average molecular weight is 931 g/mol. The summed E-state index contributed by atoms with van der Waals surface area (Å²) in [5.74, 6) is -0.953. The fraction of sp³-hybridized carbons (Fsp3) is 0.689. The monoisotopic (exact) mass is 931 g/mol. The van der Waals surface area contributed by atoms with Crippen molar-refractivity contribution in [1.29, 1.82) is 0 Å². The zero-order valence-electron chi connectivity index (χ0n) is 43.6. The summed E-state index contributed by atoms with van der Waals surface area (Å²) in [6.45, 7) is 6.44. The molecule has 0 aromatic carbocycles. The van der Waals surface area contributed by atoms with E-state index in [1.54, 1.807) is 0 Å². The Bertz CT molecular complexity index is 1350. The van der Waals surface area contributed by atoms with Gasteiger partial charge in [-0.15, -0.1) is 0 Å². The smallest absolute Gasteiger partial charge is 0.306 e. The summed E-state index contributed by atoms with van der Waals surface area (Å²) in [6, 6.07) is 0. The summed E-state index contributed by atoms with van der Waals surface area (Å²) in [7, 11) is 0. The minimum absolute atomic E-state index is 0.0995. The molecule has 0 spiro atoms. The van der Waals surface area contributed by atoms with Gasteiger partial charge in [0.2, 0.25) is 0 Å². The third-order valence-electron chi connectivity index (χ3n) is 11.5. The average Bonchev–Trinajstić information content (AvgIpc) is 3.33. The zero-order chi connectivity index (χ0) is 48.6. The number of carbonyl (C=O) groups is 3. The van der Waals surface area contributed by atoms with Gasteiger partial charge < -0.3 is 14.2 Å². The molecule has 0 saturated carbocycles. The lowest BCUT2D eigenvalue weighted by Gasteiger charge is -2.18. The quantitative estimate of drug-likeness (QED) is 0.0262. The van der Waals surface area contributed by atoms with Crippen LogP contribution in [-0.2, 0) is 28.6 Å². The van der Waals surface area contributed by atoms with Crippen LogP contribution < -0.4 is 0 Å². The van der Waals surface area contributed by atoms with Gasteiger partial charge in [0.25, 0.3) is 0 Å². The normalized spacial score (nSPS) is 12.8. The molecular weight excluding hydrogens is 829 g/mol. The van der Waals surface area contributed by atoms with Crippen molar-refractivity contribution >= 4 is 17.9 Å². The van der Waals surface area contributed by atoms with Crippen molar-refractivity contribution in [2.45, 2.75) is 258 Å². The lowest BCUT2D eigenvalue weighted by Crippen LogP contribution is -2.30. The van der Waals surface area contributed by atoms with Crippen LogP contribution in [0.15, 0.2) is 97.2 Å². The highest BCUT2D eigenvalue weighted by atomic mass is 16.6. The van der Waals surface area contributed by atoms with Gasteiger partial charge in [0.15, 0.2) is 6.10 Å². The van der Waals surface area contributed by atoms with Crippen LogP contribution in [0.4, 0.5) is 0 Å². The Labute approximate surface area is 413 Å². The van der Waals surface area contributed by atoms with E-state index in [1.165, 1.54) is 77.0 Å². The Kier molecular flexibility index (Phi) is 51.9. The van der Waals surface area contributed by atoms with Gasteiger partial charge in [0, 0.05) is 19.3 Å². The van der Waals surface area contributed by atoms with Crippen LogP contribution in [-0.4, -0.2) is 37.2 Å². The van der Waals surface area contributed by atoms with E-state index in [9.17, 15) is 14.4 Å². The second kappa shape index (κ2) is 54.9. The summed E-state index contributed by atoms with van der Waals surface area (Å²) in [6.07, 6.45) is 72.5. The third-order valence-corrected chi connectivity index (χ3v) is 11.5. The molecule has 6 nitrogen and oxygen atoms in total. The highest BCUT2D eigenvalue weighted by Gasteiger charge is 2.19. The summed E-state index contributed by atoms with van der Waals surface area (Å²) < 4.78 is 16.8. The number of hydrogen-bond acceptors (Lipinski definition) is 6. The summed E-state index contributed by atoms with van der Waals surface area (Å²) in [5.41, 5.74) is 0. The molecule has 0 heterocycles. The first-order valence-electron chi connectivity index (χ1n) is 27.7. The Hall–Kier alpha value is -3.67. The molecule has 0 bridgehead atoms. The number of esters is 3. The van der Waals surface area contributed by atoms with Gasteiger partial charge in [0.1, 0.15) is 13.2 Å². The van der Waals surface area contributed by atoms with Gasteiger partial charge in [-0.25, -0.2) is 0 Å². The number of rotatable bonds is 49. The molecule has 0 amide bonds. The molecule has 0 aliphatic rings. The molecule has 0 aliphatic carbocycles. The van der Waals surface area contributed by atoms with E-state index in [0.717, 1.165) is 135 Å². The molecule has 0 unspecified atom stereocenters. The fourth-order valence-corrected chi connectivity index (χ4v) is 7.36. The molecule has 0 radical (unpaired) electrons. The number of unbranched alkanes of at least 4 members (excludes halogenated alkanes) is 22. The van der Waals surface area contributed by atoms with Crippen LogP contribution in [0.3, 0.4) is 0 Å². The van der Waals surface area contributed by atoms with Gasteiger partial charge in [0.05, 0.1) is 0 Å². The predicted octanol–water partition coefficient (Wildman–Crippen LogP) is 18.5. The fourth-order valence-electron chi connectivity index (χ4n) is 7.36. The highest BCUT2D eigenvalue weighted by Crippen LogP contribution is 2.14. The van der Waals surface area contributed by atoms with Crippen LogP contribution in [0.25, 0.3) is 0 Å². The van der Waals surface area contributed by atoms with Crippen molar-refractivity contribution in [2.24, 2.45) is 0 Å². The van der Waals surface area contributed by atoms with Crippen LogP contribution in [0, 0.1) is 0 Å². The van der Waals surface area contributed by atoms with E-state index >= 15 is 0 Å². The molecule has 67 heavy (non-hydrogen) atoms. The Morgan fingerprint density at radius 1 is 0.313 bits per heavy atom. The molecule has 0 N–H and O–H groups in total. The first-order chi connectivity index (χ1) is 33.0. The number of carbonyl (C=O) groups excluding carboxylic acids is 3. The molecule has 0 aromatic heterocycles. The van der Waals surface area contributed by atoms with Gasteiger partial charge >= 0.3 is 17.9 Å². The van der Waals surface area contributed by atoms with Crippen molar-refractivity contribution in [1.82, 2.24) is 0 Å². The van der Waals surface area contributed by atoms with Crippen LogP contribution in [0.5, 0.6) is 0 Å². The molecule has 0 aromatic rings. The summed E-state index contributed by atoms with van der Waals surface area (Å²) >= 11 is 0. The number of hydrogen-bond donors (Lipinski definition) is 0. The minimum atomic E-state index is -0.802. The lowest BCUT2D eigenvalue weighted by molar-refractivity contribution is -0.167. The van der Waals surface area contributed by atoms with Gasteiger partial charge in [-0.3, -0.25) is 14.4 Å². The van der Waals surface area contributed by atoms with Gasteiger partial charge in [-0.1, -0.05) is 214 Å². The Morgan fingerprint density at radius 3 is 0.985 bits per heavy atom. The van der Waals surface area contributed by atoms with E-state index in [0.29, 0.717) is 19.3 Å². The Balaban J connectivity index is 4.48. The van der Waals surface area contributed by atoms with Crippen molar-refractivity contribution in [3.63, 3.8) is 0 Å². The lowest BCUT2D eigenvalue weighted by atomic mass is 10.1. The maximum absolute atomic E-state index is 12.8. The van der Waals surface area contributed by atoms with Gasteiger partial charge in [-0.2, -0.15) is 0 Å². The SMILES string of the molecule is CC/C=C\C/C=C\C/C=C\C/C=C\C/C=C\CCCCCC(=O)OC[C@@H](COC(=O)CCCCCCC/C=C\C/C=C\CCCC)OC(=O)CCCCCCC/C=C\CCCCCCCCC. The number of allylic oxidation sites excluding steroid dienone is 16. The zero-order valence-corrected chi connectivity index (χ0v) is 43.6. The maximum atomic E-state index is 12.8. The first-order valence-corrected chi connectivity index (χ1v) is 27.7. The summed E-state index contributed by atoms with van der Waals surface area (Å²) in [5, 5.41) is 0. The number of ether oxygens (including phenoxy) is 3. The van der Waals surface area contributed by atoms with Crippen molar-refractivity contribution < 1.29 is 28.6 Å². The van der Waals surface area contributed by atoms with Crippen LogP contribution in [0.2, 0.25) is 0 Å². The summed E-state index contributed by atoms with van der Waals surface area (Å²) in [4.78, 5) is 38.1. The first kappa shape index (κ1) is 63.3. The minimum Gasteiger partial charge on any atom is -0.462 e. The maximum Gasteiger partial charge on any atom is 0.306 e. The third kappa shape index (κ3) is 53.2. The van der Waals surface area contributed by atoms with Crippen LogP contribution >= 0.6 is 0 Å². The molecule has 382 valence electrons. The van der Waals surface area contributed by atoms with Crippen LogP contribution in [0.1, 0.15) is 252 Å². The van der Waals surface area contributed by atoms with Gasteiger partial charge in [-0.05, 0) is 116 Å². The van der Waals surface area contributed by atoms with Crippen molar-refractivity contribution in [2.75, 3.05) is 13.2 Å². The predicted molar refractivity (Wildman–Crippen MR) is 288 cm³/mol. The van der Waals surface area contributed by atoms with E-state index in [4.69, 9.17) is 14.2 Å². The van der Waals surface area contributed by atoms with E-state index in [2.05, 4.69) is 118 Å². The largest absolute Gasteiger partial charge is 0.462 e. The standard InChI is InChI=1S/C61H102O6/c1-4-7-10-13-16-19-22-25-28-30-31-32-34-36-39-42-45-48-51-54-60(63)66-57-58(56-65-59(62)53-50-47-44-41-38-35-27-24-21-18-15-12-9-6-3)67-61(64)55-52-49-46-43-40-37-33-29-26-23-20-17-14-11-8-5-2/h7,10,15-16,18-19,24-25,27-29,31-33,36,39,58H,4-6,8-9,11-14,17,20-23,26,30,34-35,37-38,40-57H2,1-3H3/b10-7-,18-15-,19-16-,27-24-,28-25-,32-31-,33-29-,39-36-/t58-/m1/s1. The second-order valence-electron chi connectivity index (χ2n) is 18.1. The van der Waals surface area contributed by atoms with E-state index < -0.39 is 6.10 Å². The molecular formula is C61H102O6. The Morgan fingerprint density at radius 2 is 0.597 bits per heavy atom. The molecule has 1 atom stereocenters. The van der Waals surface area contributed by atoms with E-state index in [1.807, 2.05) is 0 Å². The second-order valence-corrected chi connectivity index (χ2v) is 18.1. The molecule has 6 heteroatoms. The molecule has 0 saturated heterocycles. The van der Waals surface area contributed by atoms with Crippen molar-refractivity contribution in [3.8, 4) is 0 Å². The van der Waals surface area contributed by atoms with Crippen molar-refractivity contribution in [3.05, 3.63) is 97.2 Å². The molecule has 0 rings (SSSR count). The highest BCUT2D eigenvalue weighted by molar-refractivity contribution is 5.71. The van der Waals surface area contributed by atoms with E-state index in [-0.39, 0.29) is 31.1 Å². The topological polar surface area (TPSA) is 78.9 Å². The molecule has 0 aliphatic heterocycles. The molecule has 0 fully saturated rings.